The number of hydrogen-bond acceptors (Lipinski definition) is 3. The van der Waals surface area contributed by atoms with E-state index in [1.165, 1.54) is 32.1 Å². The first-order valence-corrected chi connectivity index (χ1v) is 8.87. The smallest absolute Gasteiger partial charge is 0.178 e. The van der Waals surface area contributed by atoms with Crippen molar-refractivity contribution in [3.63, 3.8) is 0 Å². The maximum absolute atomic E-state index is 12.7. The van der Waals surface area contributed by atoms with Crippen molar-refractivity contribution in [2.24, 2.45) is 0 Å². The highest BCUT2D eigenvalue weighted by atomic mass is 16.1. The van der Waals surface area contributed by atoms with Crippen molar-refractivity contribution in [2.45, 2.75) is 52.0 Å². The predicted molar refractivity (Wildman–Crippen MR) is 98.9 cm³/mol. The Morgan fingerprint density at radius 3 is 2.50 bits per heavy atom. The van der Waals surface area contributed by atoms with Crippen LogP contribution < -0.4 is 11.1 Å². The van der Waals surface area contributed by atoms with Crippen LogP contribution in [0.5, 0.6) is 0 Å². The Hall–Kier alpha value is -2.07. The number of nitrogens with zero attached hydrogens (tertiary/aromatic N) is 1. The quantitative estimate of drug-likeness (QED) is 0.649. The molecule has 0 radical (unpaired) electrons. The number of carbonyl (C=O) groups is 1. The highest BCUT2D eigenvalue weighted by molar-refractivity contribution is 5.99. The molecule has 1 aromatic heterocycles. The third kappa shape index (κ3) is 3.54. The van der Waals surface area contributed by atoms with Crippen LogP contribution in [0.1, 0.15) is 53.8 Å². The van der Waals surface area contributed by atoms with Gasteiger partial charge in [0.2, 0.25) is 0 Å². The summed E-state index contributed by atoms with van der Waals surface area (Å²) in [6, 6.07) is 10.3. The van der Waals surface area contributed by atoms with Gasteiger partial charge in [-0.25, -0.2) is 0 Å². The standard InChI is InChI=1S/C20H27N3O/c1-14-12-19(20(24)13-22-17-6-4-3-5-7-17)15(2)23(14)18-10-8-16(21)9-11-18/h8-12,17,22H,3-7,13,21H2,1-2H3. The fourth-order valence-corrected chi connectivity index (χ4v) is 3.70. The van der Waals surface area contributed by atoms with Crippen molar-refractivity contribution in [1.82, 2.24) is 9.88 Å². The van der Waals surface area contributed by atoms with E-state index in [2.05, 4.69) is 9.88 Å². The molecule has 0 saturated heterocycles. The van der Waals surface area contributed by atoms with Crippen molar-refractivity contribution in [3.8, 4) is 5.69 Å². The van der Waals surface area contributed by atoms with Crippen LogP contribution in [0.2, 0.25) is 0 Å². The van der Waals surface area contributed by atoms with Crippen LogP contribution in [0.25, 0.3) is 5.69 Å². The number of nitrogens with two attached hydrogens (primary N) is 1. The average Bonchev–Trinajstić information content (AvgIpc) is 2.89. The summed E-state index contributed by atoms with van der Waals surface area (Å²) in [5.41, 5.74) is 10.4. The van der Waals surface area contributed by atoms with Gasteiger partial charge >= 0.3 is 0 Å². The number of carbonyl (C=O) groups excluding carboxylic acids is 1. The van der Waals surface area contributed by atoms with Crippen LogP contribution >= 0.6 is 0 Å². The highest BCUT2D eigenvalue weighted by Crippen LogP contribution is 2.22. The monoisotopic (exact) mass is 325 g/mol. The average molecular weight is 325 g/mol. The van der Waals surface area contributed by atoms with E-state index in [4.69, 9.17) is 5.73 Å². The number of nitrogens with one attached hydrogen (secondary N) is 1. The molecule has 4 heteroatoms. The Morgan fingerprint density at radius 2 is 1.83 bits per heavy atom. The second-order valence-corrected chi connectivity index (χ2v) is 6.85. The summed E-state index contributed by atoms with van der Waals surface area (Å²) in [4.78, 5) is 12.7. The Labute approximate surface area is 144 Å². The number of rotatable bonds is 5. The molecule has 128 valence electrons. The number of Topliss-reactive ketones (excluding diaryl/α,β-unsaturated/α-hetero) is 1. The van der Waals surface area contributed by atoms with E-state index in [1.54, 1.807) is 0 Å². The molecule has 0 bridgehead atoms. The molecule has 0 atom stereocenters. The zero-order valence-electron chi connectivity index (χ0n) is 14.6. The Morgan fingerprint density at radius 1 is 1.17 bits per heavy atom. The molecule has 0 spiro atoms. The number of benzene rings is 1. The molecule has 3 rings (SSSR count). The van der Waals surface area contributed by atoms with Crippen LogP contribution in [-0.2, 0) is 0 Å². The lowest BCUT2D eigenvalue weighted by atomic mass is 9.95. The number of hydrogen-bond donors (Lipinski definition) is 2. The van der Waals surface area contributed by atoms with Gasteiger partial charge in [-0.15, -0.1) is 0 Å². The summed E-state index contributed by atoms with van der Waals surface area (Å²) in [6.07, 6.45) is 6.26. The van der Waals surface area contributed by atoms with E-state index in [0.717, 1.165) is 28.3 Å². The third-order valence-corrected chi connectivity index (χ3v) is 5.04. The first kappa shape index (κ1) is 16.8. The minimum atomic E-state index is 0.176. The van der Waals surface area contributed by atoms with Gasteiger partial charge in [-0.3, -0.25) is 4.79 Å². The second-order valence-electron chi connectivity index (χ2n) is 6.85. The van der Waals surface area contributed by atoms with Gasteiger partial charge in [0, 0.05) is 34.4 Å². The van der Waals surface area contributed by atoms with E-state index >= 15 is 0 Å². The minimum Gasteiger partial charge on any atom is -0.399 e. The normalized spacial score (nSPS) is 15.6. The van der Waals surface area contributed by atoms with Gasteiger partial charge in [-0.2, -0.15) is 0 Å². The first-order chi connectivity index (χ1) is 11.6. The number of aromatic nitrogens is 1. The number of anilines is 1. The molecule has 2 aromatic rings. The summed E-state index contributed by atoms with van der Waals surface area (Å²) in [5.74, 6) is 0.176. The predicted octanol–water partition coefficient (Wildman–Crippen LogP) is 3.78. The molecule has 1 aliphatic carbocycles. The number of nitrogen functional groups attached to an aromatic ring is 1. The Kier molecular flexibility index (Phi) is 5.05. The summed E-state index contributed by atoms with van der Waals surface area (Å²) in [5, 5.41) is 3.45. The van der Waals surface area contributed by atoms with Gasteiger partial charge in [0.15, 0.2) is 5.78 Å². The lowest BCUT2D eigenvalue weighted by Gasteiger charge is -2.22. The number of aryl methyl sites for hydroxylation is 1. The van der Waals surface area contributed by atoms with E-state index in [9.17, 15) is 4.79 Å². The molecule has 0 unspecified atom stereocenters. The minimum absolute atomic E-state index is 0.176. The molecule has 0 aliphatic heterocycles. The van der Waals surface area contributed by atoms with Gasteiger partial charge in [-0.1, -0.05) is 19.3 Å². The van der Waals surface area contributed by atoms with Gasteiger partial charge in [0.1, 0.15) is 0 Å². The van der Waals surface area contributed by atoms with Crippen LogP contribution in [0.4, 0.5) is 5.69 Å². The van der Waals surface area contributed by atoms with Crippen LogP contribution in [0.3, 0.4) is 0 Å². The highest BCUT2D eigenvalue weighted by Gasteiger charge is 2.19. The van der Waals surface area contributed by atoms with Crippen LogP contribution in [0, 0.1) is 13.8 Å². The van der Waals surface area contributed by atoms with Gasteiger partial charge in [0.05, 0.1) is 6.54 Å². The zero-order valence-corrected chi connectivity index (χ0v) is 14.6. The third-order valence-electron chi connectivity index (χ3n) is 5.04. The molecule has 1 heterocycles. The fraction of sp³-hybridized carbons (Fsp3) is 0.450. The zero-order chi connectivity index (χ0) is 17.1. The van der Waals surface area contributed by atoms with Gasteiger partial charge in [0.25, 0.3) is 0 Å². The number of ketones is 1. The SMILES string of the molecule is Cc1cc(C(=O)CNC2CCCCC2)c(C)n1-c1ccc(N)cc1. The Bertz CT molecular complexity index is 709. The van der Waals surface area contributed by atoms with Crippen molar-refractivity contribution in [2.75, 3.05) is 12.3 Å². The Balaban J connectivity index is 1.75. The topological polar surface area (TPSA) is 60.0 Å². The largest absolute Gasteiger partial charge is 0.399 e. The van der Waals surface area contributed by atoms with Gasteiger partial charge < -0.3 is 15.6 Å². The molecule has 1 aromatic carbocycles. The lowest BCUT2D eigenvalue weighted by Crippen LogP contribution is -2.35. The van der Waals surface area contributed by atoms with E-state index in [1.807, 2.05) is 44.2 Å². The van der Waals surface area contributed by atoms with Gasteiger partial charge in [-0.05, 0) is 57.0 Å². The molecule has 0 amide bonds. The summed E-state index contributed by atoms with van der Waals surface area (Å²) >= 11 is 0. The summed E-state index contributed by atoms with van der Waals surface area (Å²) in [6.45, 7) is 4.47. The second kappa shape index (κ2) is 7.22. The molecule has 1 fully saturated rings. The van der Waals surface area contributed by atoms with Crippen LogP contribution in [0.15, 0.2) is 30.3 Å². The molecule has 4 nitrogen and oxygen atoms in total. The maximum Gasteiger partial charge on any atom is 0.178 e. The van der Waals surface area contributed by atoms with E-state index in [-0.39, 0.29) is 5.78 Å². The van der Waals surface area contributed by atoms with Crippen molar-refractivity contribution < 1.29 is 4.79 Å². The molecule has 24 heavy (non-hydrogen) atoms. The van der Waals surface area contributed by atoms with Crippen molar-refractivity contribution >= 4 is 11.5 Å². The fourth-order valence-electron chi connectivity index (χ4n) is 3.70. The molecule has 1 saturated carbocycles. The maximum atomic E-state index is 12.7. The lowest BCUT2D eigenvalue weighted by molar-refractivity contribution is 0.0984. The van der Waals surface area contributed by atoms with E-state index in [0.29, 0.717) is 12.6 Å². The summed E-state index contributed by atoms with van der Waals surface area (Å²) < 4.78 is 2.12. The molecule has 3 N–H and O–H groups in total. The first-order valence-electron chi connectivity index (χ1n) is 8.87. The molecular weight excluding hydrogens is 298 g/mol. The van der Waals surface area contributed by atoms with E-state index < -0.39 is 0 Å². The molecule has 1 aliphatic rings. The molecular formula is C20H27N3O. The van der Waals surface area contributed by atoms with Crippen molar-refractivity contribution in [3.05, 3.63) is 47.3 Å². The summed E-state index contributed by atoms with van der Waals surface area (Å²) in [7, 11) is 0. The van der Waals surface area contributed by atoms with Crippen molar-refractivity contribution in [1.29, 1.82) is 0 Å². The van der Waals surface area contributed by atoms with Crippen LogP contribution in [-0.4, -0.2) is 22.9 Å².